The second kappa shape index (κ2) is 8.87. The molecule has 3 rings (SSSR count). The van der Waals surface area contributed by atoms with E-state index in [1.807, 2.05) is 24.3 Å². The summed E-state index contributed by atoms with van der Waals surface area (Å²) in [6.07, 6.45) is 6.26. The van der Waals surface area contributed by atoms with E-state index in [1.165, 1.54) is 32.1 Å². The highest BCUT2D eigenvalue weighted by Gasteiger charge is 2.39. The van der Waals surface area contributed by atoms with Crippen LogP contribution in [0.15, 0.2) is 24.3 Å². The molecule has 26 heavy (non-hydrogen) atoms. The Hall–Kier alpha value is -1.59. The fraction of sp³-hybridized carbons (Fsp3) is 0.667. The molecule has 5 heteroatoms. The second-order valence-corrected chi connectivity index (χ2v) is 7.62. The maximum Gasteiger partial charge on any atom is 0.251 e. The van der Waals surface area contributed by atoms with E-state index in [4.69, 9.17) is 4.74 Å². The zero-order valence-electron chi connectivity index (χ0n) is 16.3. The Labute approximate surface area is 157 Å². The number of nitrogens with zero attached hydrogens (tertiary/aromatic N) is 2. The van der Waals surface area contributed by atoms with Gasteiger partial charge in [0.25, 0.3) is 5.91 Å². The van der Waals surface area contributed by atoms with Gasteiger partial charge in [-0.05, 0) is 43.7 Å². The van der Waals surface area contributed by atoms with Gasteiger partial charge in [-0.1, -0.05) is 26.2 Å². The third-order valence-corrected chi connectivity index (χ3v) is 6.20. The lowest BCUT2D eigenvalue weighted by Gasteiger charge is -2.50. The molecule has 0 atom stereocenters. The average molecular weight is 360 g/mol. The van der Waals surface area contributed by atoms with Gasteiger partial charge in [-0.15, -0.1) is 0 Å². The fourth-order valence-electron chi connectivity index (χ4n) is 4.44. The molecule has 2 fully saturated rings. The number of nitrogens with one attached hydrogen (secondary N) is 1. The van der Waals surface area contributed by atoms with Gasteiger partial charge < -0.3 is 15.0 Å². The normalized spacial score (nSPS) is 21.3. The molecule has 1 aliphatic carbocycles. The first-order chi connectivity index (χ1) is 12.7. The Morgan fingerprint density at radius 2 is 1.73 bits per heavy atom. The van der Waals surface area contributed by atoms with Crippen molar-refractivity contribution in [3.05, 3.63) is 29.8 Å². The number of ether oxygens (including phenoxy) is 1. The zero-order valence-corrected chi connectivity index (χ0v) is 16.3. The van der Waals surface area contributed by atoms with Gasteiger partial charge in [0.2, 0.25) is 0 Å². The minimum Gasteiger partial charge on any atom is -0.497 e. The number of methoxy groups -OCH3 is 1. The van der Waals surface area contributed by atoms with Crippen LogP contribution in [-0.2, 0) is 0 Å². The Balaban J connectivity index is 1.63. The summed E-state index contributed by atoms with van der Waals surface area (Å²) in [6, 6.07) is 7.36. The quantitative estimate of drug-likeness (QED) is 0.848. The number of hydrogen-bond acceptors (Lipinski definition) is 4. The van der Waals surface area contributed by atoms with Crippen molar-refractivity contribution < 1.29 is 9.53 Å². The molecule has 1 heterocycles. The molecule has 1 aromatic carbocycles. The lowest BCUT2D eigenvalue weighted by atomic mass is 9.79. The van der Waals surface area contributed by atoms with E-state index in [1.54, 1.807) is 7.11 Å². The molecule has 0 unspecified atom stereocenters. The summed E-state index contributed by atoms with van der Waals surface area (Å²) in [5.41, 5.74) is 0.841. The van der Waals surface area contributed by atoms with Crippen molar-refractivity contribution in [2.45, 2.75) is 44.6 Å². The van der Waals surface area contributed by atoms with Gasteiger partial charge in [-0.2, -0.15) is 0 Å². The SMILES string of the molecule is CCN1CCN(C2(CNC(=O)c3ccc(OC)cc3)CCCCC2)CC1. The first-order valence-corrected chi connectivity index (χ1v) is 10.1. The number of benzene rings is 1. The first kappa shape index (κ1) is 19.2. The van der Waals surface area contributed by atoms with Crippen LogP contribution in [0.3, 0.4) is 0 Å². The van der Waals surface area contributed by atoms with Crippen LogP contribution in [0, 0.1) is 0 Å². The molecule has 1 aromatic rings. The van der Waals surface area contributed by atoms with Gasteiger partial charge in [0, 0.05) is 43.8 Å². The van der Waals surface area contributed by atoms with Crippen molar-refractivity contribution in [2.24, 2.45) is 0 Å². The largest absolute Gasteiger partial charge is 0.497 e. The fourth-order valence-corrected chi connectivity index (χ4v) is 4.44. The Bertz CT molecular complexity index is 573. The zero-order chi connectivity index (χ0) is 18.4. The van der Waals surface area contributed by atoms with Gasteiger partial charge in [-0.3, -0.25) is 9.69 Å². The van der Waals surface area contributed by atoms with Gasteiger partial charge in [0.1, 0.15) is 5.75 Å². The Kier molecular flexibility index (Phi) is 6.54. The molecular formula is C21H33N3O2. The Morgan fingerprint density at radius 3 is 2.31 bits per heavy atom. The lowest BCUT2D eigenvalue weighted by Crippen LogP contribution is -2.61. The van der Waals surface area contributed by atoms with Gasteiger partial charge in [-0.25, -0.2) is 0 Å². The average Bonchev–Trinajstić information content (AvgIpc) is 2.73. The molecule has 144 valence electrons. The molecule has 0 spiro atoms. The van der Waals surface area contributed by atoms with E-state index in [9.17, 15) is 4.79 Å². The predicted molar refractivity (Wildman–Crippen MR) is 105 cm³/mol. The van der Waals surface area contributed by atoms with Gasteiger partial charge >= 0.3 is 0 Å². The van der Waals surface area contributed by atoms with Crippen LogP contribution in [0.25, 0.3) is 0 Å². The molecule has 1 N–H and O–H groups in total. The molecular weight excluding hydrogens is 326 g/mol. The number of hydrogen-bond donors (Lipinski definition) is 1. The van der Waals surface area contributed by atoms with Crippen LogP contribution < -0.4 is 10.1 Å². The van der Waals surface area contributed by atoms with Crippen molar-refractivity contribution in [1.29, 1.82) is 0 Å². The van der Waals surface area contributed by atoms with E-state index in [2.05, 4.69) is 22.0 Å². The predicted octanol–water partition coefficient (Wildman–Crippen LogP) is 2.77. The van der Waals surface area contributed by atoms with Gasteiger partial charge in [0.05, 0.1) is 7.11 Å². The molecule has 1 saturated carbocycles. The van der Waals surface area contributed by atoms with Crippen LogP contribution in [-0.4, -0.2) is 67.6 Å². The number of piperazine rings is 1. The lowest BCUT2D eigenvalue weighted by molar-refractivity contribution is 0.00924. The van der Waals surface area contributed by atoms with Crippen LogP contribution >= 0.6 is 0 Å². The molecule has 0 radical (unpaired) electrons. The van der Waals surface area contributed by atoms with Crippen LogP contribution in [0.2, 0.25) is 0 Å². The summed E-state index contributed by atoms with van der Waals surface area (Å²) in [4.78, 5) is 17.8. The van der Waals surface area contributed by atoms with E-state index >= 15 is 0 Å². The summed E-state index contributed by atoms with van der Waals surface area (Å²) in [5.74, 6) is 0.795. The van der Waals surface area contributed by atoms with Crippen molar-refractivity contribution in [2.75, 3.05) is 46.4 Å². The topological polar surface area (TPSA) is 44.8 Å². The molecule has 2 aliphatic rings. The smallest absolute Gasteiger partial charge is 0.251 e. The highest BCUT2D eigenvalue weighted by Crippen LogP contribution is 2.34. The van der Waals surface area contributed by atoms with Crippen molar-refractivity contribution in [3.8, 4) is 5.75 Å². The van der Waals surface area contributed by atoms with Crippen molar-refractivity contribution >= 4 is 5.91 Å². The highest BCUT2D eigenvalue weighted by atomic mass is 16.5. The molecule has 1 aliphatic heterocycles. The van der Waals surface area contributed by atoms with E-state index in [0.29, 0.717) is 5.56 Å². The monoisotopic (exact) mass is 359 g/mol. The van der Waals surface area contributed by atoms with Crippen LogP contribution in [0.5, 0.6) is 5.75 Å². The minimum atomic E-state index is 0.0183. The highest BCUT2D eigenvalue weighted by molar-refractivity contribution is 5.94. The summed E-state index contributed by atoms with van der Waals surface area (Å²) < 4.78 is 5.17. The maximum absolute atomic E-state index is 12.6. The Morgan fingerprint density at radius 1 is 1.08 bits per heavy atom. The number of rotatable bonds is 6. The first-order valence-electron chi connectivity index (χ1n) is 10.1. The molecule has 5 nitrogen and oxygen atoms in total. The number of amides is 1. The number of carbonyl (C=O) groups excluding carboxylic acids is 1. The molecule has 0 bridgehead atoms. The van der Waals surface area contributed by atoms with Crippen LogP contribution in [0.1, 0.15) is 49.4 Å². The van der Waals surface area contributed by atoms with Crippen molar-refractivity contribution in [1.82, 2.24) is 15.1 Å². The van der Waals surface area contributed by atoms with E-state index < -0.39 is 0 Å². The summed E-state index contributed by atoms with van der Waals surface area (Å²) in [7, 11) is 1.64. The summed E-state index contributed by atoms with van der Waals surface area (Å²) in [5, 5.41) is 3.23. The summed E-state index contributed by atoms with van der Waals surface area (Å²) in [6.45, 7) is 8.65. The number of carbonyl (C=O) groups is 1. The summed E-state index contributed by atoms with van der Waals surface area (Å²) >= 11 is 0. The standard InChI is InChI=1S/C21H33N3O2/c1-3-23-13-15-24(16-14-23)21(11-5-4-6-12-21)17-22-20(25)18-7-9-19(26-2)10-8-18/h7-10H,3-6,11-17H2,1-2H3,(H,22,25). The third kappa shape index (κ3) is 4.38. The van der Waals surface area contributed by atoms with Gasteiger partial charge in [0.15, 0.2) is 0 Å². The number of likely N-dealkylation sites (N-methyl/N-ethyl adjacent to an activating group) is 1. The third-order valence-electron chi connectivity index (χ3n) is 6.20. The van der Waals surface area contributed by atoms with E-state index in [0.717, 1.165) is 45.0 Å². The maximum atomic E-state index is 12.6. The van der Waals surface area contributed by atoms with E-state index in [-0.39, 0.29) is 11.4 Å². The van der Waals surface area contributed by atoms with Crippen LogP contribution in [0.4, 0.5) is 0 Å². The molecule has 1 saturated heterocycles. The van der Waals surface area contributed by atoms with Crippen molar-refractivity contribution in [3.63, 3.8) is 0 Å². The molecule has 1 amide bonds. The minimum absolute atomic E-state index is 0.0183. The molecule has 0 aromatic heterocycles. The second-order valence-electron chi connectivity index (χ2n) is 7.62.